The van der Waals surface area contributed by atoms with Crippen molar-refractivity contribution in [2.45, 2.75) is 6.10 Å². The monoisotopic (exact) mass is 188 g/mol. The van der Waals surface area contributed by atoms with E-state index in [9.17, 15) is 0 Å². The van der Waals surface area contributed by atoms with Crippen molar-refractivity contribution in [1.29, 1.82) is 0 Å². The fourth-order valence-corrected chi connectivity index (χ4v) is 1.47. The first-order valence-electron chi connectivity index (χ1n) is 4.39. The third kappa shape index (κ3) is 1.18. The van der Waals surface area contributed by atoms with E-state index >= 15 is 0 Å². The van der Waals surface area contributed by atoms with Gasteiger partial charge in [0, 0.05) is 5.56 Å². The minimum atomic E-state index is 0.218. The van der Waals surface area contributed by atoms with E-state index in [4.69, 9.17) is 4.74 Å². The quantitative estimate of drug-likeness (QED) is 0.652. The second-order valence-corrected chi connectivity index (χ2v) is 3.14. The second kappa shape index (κ2) is 2.88. The molecule has 1 fully saturated rings. The van der Waals surface area contributed by atoms with E-state index in [2.05, 4.69) is 15.5 Å². The Balaban J connectivity index is 2.12. The van der Waals surface area contributed by atoms with Crippen LogP contribution < -0.4 is 0 Å². The molecule has 1 saturated heterocycles. The number of benzene rings is 1. The lowest BCUT2D eigenvalue weighted by Gasteiger charge is -2.04. The Labute approximate surface area is 80.3 Å². The van der Waals surface area contributed by atoms with Gasteiger partial charge in [0.2, 0.25) is 0 Å². The largest absolute Gasteiger partial charge is 0.368 e. The summed E-state index contributed by atoms with van der Waals surface area (Å²) in [5.41, 5.74) is 2.12. The number of ether oxygens (including phenoxy) is 1. The Morgan fingerprint density at radius 2 is 2.21 bits per heavy atom. The summed E-state index contributed by atoms with van der Waals surface area (Å²) < 4.78 is 6.90. The average Bonchev–Trinajstić information content (AvgIpc) is 2.94. The van der Waals surface area contributed by atoms with Gasteiger partial charge in [-0.25, -0.2) is 4.68 Å². The molecule has 0 spiro atoms. The number of para-hydroxylation sites is 1. The van der Waals surface area contributed by atoms with Gasteiger partial charge in [-0.05, 0) is 16.5 Å². The molecule has 70 valence electrons. The Morgan fingerprint density at radius 1 is 1.36 bits per heavy atom. The van der Waals surface area contributed by atoms with Crippen LogP contribution in [0.25, 0.3) is 5.69 Å². The van der Waals surface area contributed by atoms with Crippen LogP contribution in [0.3, 0.4) is 0 Å². The molecule has 0 aliphatic carbocycles. The van der Waals surface area contributed by atoms with Crippen molar-refractivity contribution < 1.29 is 4.74 Å². The molecular formula is C9H8N4O. The highest BCUT2D eigenvalue weighted by Crippen LogP contribution is 2.33. The van der Waals surface area contributed by atoms with Gasteiger partial charge in [-0.2, -0.15) is 0 Å². The molecule has 2 heterocycles. The Hall–Kier alpha value is -1.75. The first-order valence-corrected chi connectivity index (χ1v) is 4.39. The van der Waals surface area contributed by atoms with Gasteiger partial charge in [-0.15, -0.1) is 5.10 Å². The predicted octanol–water partition coefficient (Wildman–Crippen LogP) is 0.734. The van der Waals surface area contributed by atoms with Gasteiger partial charge in [-0.1, -0.05) is 18.2 Å². The molecule has 0 unspecified atom stereocenters. The Morgan fingerprint density at radius 3 is 2.93 bits per heavy atom. The third-order valence-corrected chi connectivity index (χ3v) is 2.21. The smallest absolute Gasteiger partial charge is 0.143 e. The fourth-order valence-electron chi connectivity index (χ4n) is 1.47. The molecule has 1 aromatic carbocycles. The second-order valence-electron chi connectivity index (χ2n) is 3.14. The van der Waals surface area contributed by atoms with Crippen LogP contribution in [0.5, 0.6) is 0 Å². The van der Waals surface area contributed by atoms with Gasteiger partial charge in [-0.3, -0.25) is 0 Å². The van der Waals surface area contributed by atoms with Crippen LogP contribution in [-0.4, -0.2) is 26.8 Å². The van der Waals surface area contributed by atoms with Crippen molar-refractivity contribution in [2.75, 3.05) is 6.61 Å². The normalized spacial score (nSPS) is 19.6. The molecule has 2 aromatic rings. The van der Waals surface area contributed by atoms with Gasteiger partial charge in [0.25, 0.3) is 0 Å². The topological polar surface area (TPSA) is 56.1 Å². The van der Waals surface area contributed by atoms with Crippen molar-refractivity contribution in [1.82, 2.24) is 20.2 Å². The maximum absolute atomic E-state index is 5.25. The summed E-state index contributed by atoms with van der Waals surface area (Å²) in [7, 11) is 0. The molecule has 1 aliphatic heterocycles. The van der Waals surface area contributed by atoms with E-state index in [0.29, 0.717) is 0 Å². The maximum atomic E-state index is 5.25. The molecule has 5 heteroatoms. The van der Waals surface area contributed by atoms with Gasteiger partial charge in [0.05, 0.1) is 12.3 Å². The molecule has 3 rings (SSSR count). The first kappa shape index (κ1) is 7.64. The molecule has 1 aliphatic rings. The van der Waals surface area contributed by atoms with Crippen LogP contribution in [0.2, 0.25) is 0 Å². The Bertz CT molecular complexity index is 436. The molecule has 0 amide bonds. The van der Waals surface area contributed by atoms with Gasteiger partial charge < -0.3 is 4.74 Å². The predicted molar refractivity (Wildman–Crippen MR) is 47.8 cm³/mol. The van der Waals surface area contributed by atoms with Crippen molar-refractivity contribution in [3.63, 3.8) is 0 Å². The minimum Gasteiger partial charge on any atom is -0.368 e. The van der Waals surface area contributed by atoms with E-state index in [1.165, 1.54) is 0 Å². The molecule has 1 aromatic heterocycles. The highest BCUT2D eigenvalue weighted by Gasteiger charge is 2.27. The lowest BCUT2D eigenvalue weighted by atomic mass is 10.1. The summed E-state index contributed by atoms with van der Waals surface area (Å²) in [4.78, 5) is 0. The van der Waals surface area contributed by atoms with Crippen LogP contribution in [0.4, 0.5) is 0 Å². The van der Waals surface area contributed by atoms with Crippen LogP contribution in [0, 0.1) is 0 Å². The Kier molecular flexibility index (Phi) is 1.57. The van der Waals surface area contributed by atoms with Crippen molar-refractivity contribution in [2.24, 2.45) is 0 Å². The van der Waals surface area contributed by atoms with Crippen LogP contribution >= 0.6 is 0 Å². The SMILES string of the molecule is c1ccc(-n2cnnn2)c([C@H]2CO2)c1. The van der Waals surface area contributed by atoms with E-state index in [0.717, 1.165) is 17.9 Å². The number of rotatable bonds is 2. The summed E-state index contributed by atoms with van der Waals surface area (Å²) in [6.07, 6.45) is 1.80. The molecule has 0 N–H and O–H groups in total. The lowest BCUT2D eigenvalue weighted by molar-refractivity contribution is 0.415. The minimum absolute atomic E-state index is 0.218. The summed E-state index contributed by atoms with van der Waals surface area (Å²) in [6, 6.07) is 7.97. The average molecular weight is 188 g/mol. The highest BCUT2D eigenvalue weighted by molar-refractivity contribution is 5.42. The van der Waals surface area contributed by atoms with Gasteiger partial charge in [0.1, 0.15) is 12.4 Å². The number of hydrogen-bond acceptors (Lipinski definition) is 4. The highest BCUT2D eigenvalue weighted by atomic mass is 16.6. The van der Waals surface area contributed by atoms with Crippen LogP contribution in [0.1, 0.15) is 11.7 Å². The summed E-state index contributed by atoms with van der Waals surface area (Å²) in [5, 5.41) is 11.1. The number of epoxide rings is 1. The molecule has 0 bridgehead atoms. The summed E-state index contributed by atoms with van der Waals surface area (Å²) >= 11 is 0. The molecule has 1 atom stereocenters. The first-order chi connectivity index (χ1) is 6.95. The number of tetrazole rings is 1. The van der Waals surface area contributed by atoms with E-state index in [1.54, 1.807) is 11.0 Å². The summed E-state index contributed by atoms with van der Waals surface area (Å²) in [5.74, 6) is 0. The molecule has 5 nitrogen and oxygen atoms in total. The van der Waals surface area contributed by atoms with E-state index < -0.39 is 0 Å². The van der Waals surface area contributed by atoms with Crippen molar-refractivity contribution >= 4 is 0 Å². The fraction of sp³-hybridized carbons (Fsp3) is 0.222. The third-order valence-electron chi connectivity index (χ3n) is 2.21. The van der Waals surface area contributed by atoms with E-state index in [-0.39, 0.29) is 6.10 Å². The molecule has 14 heavy (non-hydrogen) atoms. The molecule has 0 radical (unpaired) electrons. The maximum Gasteiger partial charge on any atom is 0.143 e. The number of nitrogens with zero attached hydrogens (tertiary/aromatic N) is 4. The lowest BCUT2D eigenvalue weighted by Crippen LogP contribution is -1.99. The van der Waals surface area contributed by atoms with Crippen molar-refractivity contribution in [3.05, 3.63) is 36.2 Å². The number of hydrogen-bond donors (Lipinski definition) is 0. The van der Waals surface area contributed by atoms with Crippen molar-refractivity contribution in [3.8, 4) is 5.69 Å². The van der Waals surface area contributed by atoms with Crippen LogP contribution in [-0.2, 0) is 4.74 Å². The standard InChI is InChI=1S/C9H8N4O/c1-2-4-8(13-6-10-11-12-13)7(3-1)9-5-14-9/h1-4,6,9H,5H2/t9-/m1/s1. The van der Waals surface area contributed by atoms with Crippen LogP contribution in [0.15, 0.2) is 30.6 Å². The molecule has 0 saturated carbocycles. The van der Waals surface area contributed by atoms with E-state index in [1.807, 2.05) is 24.3 Å². The van der Waals surface area contributed by atoms with Gasteiger partial charge in [0.15, 0.2) is 0 Å². The zero-order valence-electron chi connectivity index (χ0n) is 7.37. The zero-order chi connectivity index (χ0) is 9.38. The molecular weight excluding hydrogens is 180 g/mol. The zero-order valence-corrected chi connectivity index (χ0v) is 7.37. The number of aromatic nitrogens is 4. The summed E-state index contributed by atoms with van der Waals surface area (Å²) in [6.45, 7) is 0.791. The van der Waals surface area contributed by atoms with Gasteiger partial charge >= 0.3 is 0 Å².